The summed E-state index contributed by atoms with van der Waals surface area (Å²) in [7, 11) is 3.90. The van der Waals surface area contributed by atoms with Gasteiger partial charge in [-0.15, -0.1) is 0 Å². The molecular formula is C10H18N6O. The number of anilines is 1. The summed E-state index contributed by atoms with van der Waals surface area (Å²) in [5.41, 5.74) is 2.62. The van der Waals surface area contributed by atoms with Gasteiger partial charge >= 0.3 is 0 Å². The Labute approximate surface area is 100 Å². The second-order valence-corrected chi connectivity index (χ2v) is 4.07. The Morgan fingerprint density at radius 3 is 2.65 bits per heavy atom. The molecule has 7 heteroatoms. The van der Waals surface area contributed by atoms with E-state index in [2.05, 4.69) is 20.7 Å². The number of carbonyl (C=O) groups excluding carboxylic acids is 1. The van der Waals surface area contributed by atoms with E-state index in [9.17, 15) is 4.79 Å². The fourth-order valence-electron chi connectivity index (χ4n) is 1.41. The molecular weight excluding hydrogens is 220 g/mol. The highest BCUT2D eigenvalue weighted by Gasteiger charge is 2.11. The third-order valence-electron chi connectivity index (χ3n) is 2.05. The maximum absolute atomic E-state index is 11.8. The zero-order valence-electron chi connectivity index (χ0n) is 10.3. The lowest BCUT2D eigenvalue weighted by Gasteiger charge is -2.17. The molecule has 1 heterocycles. The molecule has 4 N–H and O–H groups in total. The first-order valence-electron chi connectivity index (χ1n) is 5.27. The van der Waals surface area contributed by atoms with E-state index in [-0.39, 0.29) is 17.6 Å². The molecule has 1 aromatic rings. The molecule has 1 atom stereocenters. The molecule has 0 bridgehead atoms. The maximum atomic E-state index is 11.8. The second-order valence-electron chi connectivity index (χ2n) is 4.07. The van der Waals surface area contributed by atoms with Crippen molar-refractivity contribution < 1.29 is 4.79 Å². The van der Waals surface area contributed by atoms with E-state index in [0.717, 1.165) is 6.54 Å². The normalized spacial score (nSPS) is 12.3. The summed E-state index contributed by atoms with van der Waals surface area (Å²) in [6, 6.07) is 0.0478. The molecule has 1 amide bonds. The molecule has 0 aliphatic heterocycles. The van der Waals surface area contributed by atoms with E-state index in [4.69, 9.17) is 5.84 Å². The molecule has 0 saturated heterocycles. The summed E-state index contributed by atoms with van der Waals surface area (Å²) in [4.78, 5) is 21.6. The van der Waals surface area contributed by atoms with Gasteiger partial charge in [-0.1, -0.05) is 0 Å². The van der Waals surface area contributed by atoms with E-state index < -0.39 is 0 Å². The fourth-order valence-corrected chi connectivity index (χ4v) is 1.41. The van der Waals surface area contributed by atoms with Crippen LogP contribution in [0.25, 0.3) is 0 Å². The number of carbonyl (C=O) groups is 1. The van der Waals surface area contributed by atoms with Crippen molar-refractivity contribution >= 4 is 11.7 Å². The predicted octanol–water partition coefficient (Wildman–Crippen LogP) is -0.558. The lowest BCUT2D eigenvalue weighted by Crippen LogP contribution is -2.39. The Morgan fingerprint density at radius 1 is 1.47 bits per heavy atom. The Hall–Kier alpha value is -1.73. The first-order chi connectivity index (χ1) is 8.02. The van der Waals surface area contributed by atoms with Crippen LogP contribution in [0.3, 0.4) is 0 Å². The number of nitrogen functional groups attached to an aromatic ring is 1. The predicted molar refractivity (Wildman–Crippen MR) is 65.3 cm³/mol. The summed E-state index contributed by atoms with van der Waals surface area (Å²) in [5, 5.41) is 2.83. The lowest BCUT2D eigenvalue weighted by atomic mass is 10.3. The first-order valence-corrected chi connectivity index (χ1v) is 5.27. The SMILES string of the molecule is CC(CN(C)C)NC(=O)c1cnc(NN)cn1. The summed E-state index contributed by atoms with van der Waals surface area (Å²) in [6.45, 7) is 2.70. The Balaban J connectivity index is 2.57. The van der Waals surface area contributed by atoms with Crippen LogP contribution in [0.1, 0.15) is 17.4 Å². The van der Waals surface area contributed by atoms with E-state index >= 15 is 0 Å². The number of hydrazine groups is 1. The number of nitrogens with two attached hydrogens (primary N) is 1. The average Bonchev–Trinajstić information content (AvgIpc) is 2.28. The van der Waals surface area contributed by atoms with Crippen LogP contribution in [-0.4, -0.2) is 47.5 Å². The number of likely N-dealkylation sites (N-methyl/N-ethyl adjacent to an activating group) is 1. The third kappa shape index (κ3) is 4.33. The largest absolute Gasteiger partial charge is 0.347 e. The topological polar surface area (TPSA) is 96.2 Å². The second kappa shape index (κ2) is 6.12. The van der Waals surface area contributed by atoms with Gasteiger partial charge in [-0.2, -0.15) is 0 Å². The van der Waals surface area contributed by atoms with Gasteiger partial charge in [0.2, 0.25) is 0 Å². The zero-order valence-corrected chi connectivity index (χ0v) is 10.3. The Morgan fingerprint density at radius 2 is 2.18 bits per heavy atom. The zero-order chi connectivity index (χ0) is 12.8. The third-order valence-corrected chi connectivity index (χ3v) is 2.05. The standard InChI is InChI=1S/C10H18N6O/c1-7(6-16(2)3)14-10(17)8-4-13-9(15-11)5-12-8/h4-5,7H,6,11H2,1-3H3,(H,13,15)(H,14,17). The van der Waals surface area contributed by atoms with Gasteiger partial charge in [-0.3, -0.25) is 4.79 Å². The van der Waals surface area contributed by atoms with Gasteiger partial charge in [-0.05, 0) is 21.0 Å². The summed E-state index contributed by atoms with van der Waals surface area (Å²) >= 11 is 0. The Kier molecular flexibility index (Phi) is 4.80. The van der Waals surface area contributed by atoms with Crippen molar-refractivity contribution in [2.75, 3.05) is 26.1 Å². The molecule has 0 aliphatic carbocycles. The van der Waals surface area contributed by atoms with Crippen LogP contribution in [0.4, 0.5) is 5.82 Å². The molecule has 0 radical (unpaired) electrons. The number of nitrogens with one attached hydrogen (secondary N) is 2. The van der Waals surface area contributed by atoms with Gasteiger partial charge in [0.1, 0.15) is 5.69 Å². The Bertz CT molecular complexity index is 364. The molecule has 0 spiro atoms. The molecule has 1 aromatic heterocycles. The van der Waals surface area contributed by atoms with Crippen molar-refractivity contribution in [3.05, 3.63) is 18.1 Å². The van der Waals surface area contributed by atoms with E-state index in [1.165, 1.54) is 12.4 Å². The first kappa shape index (κ1) is 13.3. The molecule has 0 fully saturated rings. The van der Waals surface area contributed by atoms with Crippen molar-refractivity contribution in [3.63, 3.8) is 0 Å². The number of amides is 1. The molecule has 0 aromatic carbocycles. The number of nitrogens with zero attached hydrogens (tertiary/aromatic N) is 3. The van der Waals surface area contributed by atoms with Crippen LogP contribution in [0.2, 0.25) is 0 Å². The average molecular weight is 238 g/mol. The van der Waals surface area contributed by atoms with Crippen molar-refractivity contribution in [2.45, 2.75) is 13.0 Å². The summed E-state index contributed by atoms with van der Waals surface area (Å²) in [6.07, 6.45) is 2.79. The summed E-state index contributed by atoms with van der Waals surface area (Å²) in [5.74, 6) is 5.33. The minimum atomic E-state index is -0.240. The van der Waals surface area contributed by atoms with Crippen molar-refractivity contribution in [1.82, 2.24) is 20.2 Å². The van der Waals surface area contributed by atoms with Crippen molar-refractivity contribution in [1.29, 1.82) is 0 Å². The molecule has 0 saturated carbocycles. The highest BCUT2D eigenvalue weighted by atomic mass is 16.1. The van der Waals surface area contributed by atoms with Crippen LogP contribution in [0.15, 0.2) is 12.4 Å². The van der Waals surface area contributed by atoms with Crippen LogP contribution in [0.5, 0.6) is 0 Å². The van der Waals surface area contributed by atoms with Gasteiger partial charge in [0.25, 0.3) is 5.91 Å². The fraction of sp³-hybridized carbons (Fsp3) is 0.500. The van der Waals surface area contributed by atoms with Crippen molar-refractivity contribution in [2.24, 2.45) is 5.84 Å². The van der Waals surface area contributed by atoms with E-state index in [0.29, 0.717) is 5.82 Å². The van der Waals surface area contributed by atoms with Gasteiger partial charge in [0.15, 0.2) is 5.82 Å². The number of hydrogen-bond acceptors (Lipinski definition) is 6. The number of rotatable bonds is 5. The molecule has 1 unspecified atom stereocenters. The molecule has 1 rings (SSSR count). The number of aromatic nitrogens is 2. The van der Waals surface area contributed by atoms with E-state index in [1.54, 1.807) is 0 Å². The molecule has 0 aliphatic rings. The molecule has 7 nitrogen and oxygen atoms in total. The number of hydrogen-bond donors (Lipinski definition) is 3. The lowest BCUT2D eigenvalue weighted by molar-refractivity contribution is 0.0929. The smallest absolute Gasteiger partial charge is 0.271 e. The highest BCUT2D eigenvalue weighted by molar-refractivity contribution is 5.92. The minimum Gasteiger partial charge on any atom is -0.347 e. The van der Waals surface area contributed by atoms with Crippen LogP contribution in [0, 0.1) is 0 Å². The monoisotopic (exact) mass is 238 g/mol. The van der Waals surface area contributed by atoms with E-state index in [1.807, 2.05) is 25.9 Å². The van der Waals surface area contributed by atoms with Gasteiger partial charge in [0, 0.05) is 12.6 Å². The van der Waals surface area contributed by atoms with Crippen LogP contribution >= 0.6 is 0 Å². The maximum Gasteiger partial charge on any atom is 0.271 e. The van der Waals surface area contributed by atoms with Crippen LogP contribution < -0.4 is 16.6 Å². The van der Waals surface area contributed by atoms with Crippen LogP contribution in [-0.2, 0) is 0 Å². The molecule has 94 valence electrons. The summed E-state index contributed by atoms with van der Waals surface area (Å²) < 4.78 is 0. The molecule has 17 heavy (non-hydrogen) atoms. The van der Waals surface area contributed by atoms with Gasteiger partial charge in [0.05, 0.1) is 12.4 Å². The minimum absolute atomic E-state index is 0.0478. The van der Waals surface area contributed by atoms with Gasteiger partial charge in [-0.25, -0.2) is 15.8 Å². The quantitative estimate of drug-likeness (QED) is 0.470. The van der Waals surface area contributed by atoms with Gasteiger partial charge < -0.3 is 15.6 Å². The van der Waals surface area contributed by atoms with Crippen molar-refractivity contribution in [3.8, 4) is 0 Å². The highest BCUT2D eigenvalue weighted by Crippen LogP contribution is 1.99.